The van der Waals surface area contributed by atoms with E-state index in [-0.39, 0.29) is 23.0 Å². The van der Waals surface area contributed by atoms with Gasteiger partial charge < -0.3 is 19.2 Å². The van der Waals surface area contributed by atoms with Gasteiger partial charge in [-0.15, -0.1) is 10.2 Å². The Kier molecular flexibility index (Phi) is 7.81. The van der Waals surface area contributed by atoms with Crippen molar-refractivity contribution < 1.29 is 22.7 Å². The molecule has 1 saturated carbocycles. The van der Waals surface area contributed by atoms with E-state index < -0.39 is 28.3 Å². The van der Waals surface area contributed by atoms with E-state index in [1.54, 1.807) is 29.4 Å². The smallest absolute Gasteiger partial charge is 0.418 e. The minimum Gasteiger partial charge on any atom is -0.444 e. The highest BCUT2D eigenvalue weighted by molar-refractivity contribution is 5.84. The number of aromatic amines is 1. The van der Waals surface area contributed by atoms with Crippen LogP contribution in [0.4, 0.5) is 18.0 Å². The van der Waals surface area contributed by atoms with Gasteiger partial charge in [0.05, 0.1) is 11.0 Å². The summed E-state index contributed by atoms with van der Waals surface area (Å²) in [4.78, 5) is 33.2. The molecule has 0 radical (unpaired) electrons. The van der Waals surface area contributed by atoms with Gasteiger partial charge in [0.1, 0.15) is 23.3 Å². The number of nitrogens with zero attached hydrogens (tertiary/aromatic N) is 6. The third kappa shape index (κ3) is 5.80. The van der Waals surface area contributed by atoms with Crippen LogP contribution >= 0.6 is 0 Å². The number of alkyl halides is 3. The summed E-state index contributed by atoms with van der Waals surface area (Å²) in [5.41, 5.74) is -0.891. The standard InChI is InChI=1S/C33H40F3N7O3/c1-20-14-32(15-20,29-39-37-19-40(29)6)22-8-7-9-24(12-22)43-18-26(33(34,35)36)25-13-23(38-27(25)28(43)44)17-41-10-11-42(21(2)16-41)30(45)46-31(3,4)5/h7-9,12-13,18-21,38H,10-11,14-17H2,1-6H3/t20?,21-,32?/m1/s1. The van der Waals surface area contributed by atoms with Crippen molar-refractivity contribution in [2.75, 3.05) is 19.6 Å². The van der Waals surface area contributed by atoms with Gasteiger partial charge in [-0.2, -0.15) is 13.2 Å². The number of piperazine rings is 1. The zero-order valence-electron chi connectivity index (χ0n) is 27.0. The van der Waals surface area contributed by atoms with Crippen LogP contribution in [-0.4, -0.2) is 71.5 Å². The first kappa shape index (κ1) is 31.8. The van der Waals surface area contributed by atoms with Crippen molar-refractivity contribution in [2.24, 2.45) is 13.0 Å². The van der Waals surface area contributed by atoms with Crippen LogP contribution in [0.5, 0.6) is 0 Å². The maximum absolute atomic E-state index is 14.5. The summed E-state index contributed by atoms with van der Waals surface area (Å²) in [7, 11) is 1.88. The van der Waals surface area contributed by atoms with Crippen molar-refractivity contribution in [1.29, 1.82) is 0 Å². The van der Waals surface area contributed by atoms with E-state index in [0.29, 0.717) is 43.5 Å². The molecule has 1 saturated heterocycles. The van der Waals surface area contributed by atoms with E-state index in [4.69, 9.17) is 4.74 Å². The lowest BCUT2D eigenvalue weighted by molar-refractivity contribution is -0.136. The molecule has 1 atom stereocenters. The van der Waals surface area contributed by atoms with Crippen LogP contribution < -0.4 is 5.56 Å². The van der Waals surface area contributed by atoms with Crippen LogP contribution in [0.15, 0.2) is 47.7 Å². The fourth-order valence-corrected chi connectivity index (χ4v) is 7.13. The molecule has 3 aromatic heterocycles. The van der Waals surface area contributed by atoms with Gasteiger partial charge in [-0.3, -0.25) is 14.3 Å². The zero-order valence-corrected chi connectivity index (χ0v) is 27.0. The number of H-pyrrole nitrogens is 1. The van der Waals surface area contributed by atoms with Crippen molar-refractivity contribution in [3.8, 4) is 5.69 Å². The number of aryl methyl sites for hydroxylation is 1. The largest absolute Gasteiger partial charge is 0.444 e. The Balaban J connectivity index is 1.32. The fourth-order valence-electron chi connectivity index (χ4n) is 7.13. The van der Waals surface area contributed by atoms with Crippen molar-refractivity contribution in [2.45, 2.75) is 77.2 Å². The first-order chi connectivity index (χ1) is 21.6. The molecule has 1 N–H and O–H groups in total. The highest BCUT2D eigenvalue weighted by atomic mass is 19.4. The zero-order chi connectivity index (χ0) is 33.2. The van der Waals surface area contributed by atoms with E-state index in [1.165, 1.54) is 6.07 Å². The van der Waals surface area contributed by atoms with Gasteiger partial charge in [0, 0.05) is 62.2 Å². The van der Waals surface area contributed by atoms with Crippen molar-refractivity contribution in [3.05, 3.63) is 75.9 Å². The Morgan fingerprint density at radius 3 is 2.48 bits per heavy atom. The second-order valence-corrected chi connectivity index (χ2v) is 14.0. The van der Waals surface area contributed by atoms with Crippen molar-refractivity contribution in [1.82, 2.24) is 34.1 Å². The monoisotopic (exact) mass is 639 g/mol. The molecule has 0 spiro atoms. The molecule has 2 fully saturated rings. The summed E-state index contributed by atoms with van der Waals surface area (Å²) in [6.45, 7) is 11.2. The first-order valence-corrected chi connectivity index (χ1v) is 15.6. The molecule has 6 rings (SSSR count). The molecule has 1 aliphatic heterocycles. The lowest BCUT2D eigenvalue weighted by Crippen LogP contribution is -2.54. The van der Waals surface area contributed by atoms with Crippen molar-refractivity contribution in [3.63, 3.8) is 0 Å². The molecule has 4 heterocycles. The third-order valence-electron chi connectivity index (χ3n) is 9.10. The molecule has 10 nitrogen and oxygen atoms in total. The van der Waals surface area contributed by atoms with Crippen LogP contribution in [0.25, 0.3) is 16.6 Å². The fraction of sp³-hybridized carbons (Fsp3) is 0.515. The maximum Gasteiger partial charge on any atom is 0.418 e. The van der Waals surface area contributed by atoms with E-state index >= 15 is 0 Å². The molecule has 46 heavy (non-hydrogen) atoms. The molecule has 0 bridgehead atoms. The number of hydrogen-bond acceptors (Lipinski definition) is 6. The number of hydrogen-bond donors (Lipinski definition) is 1. The van der Waals surface area contributed by atoms with Gasteiger partial charge in [0.25, 0.3) is 5.56 Å². The number of benzene rings is 1. The average Bonchev–Trinajstić information content (AvgIpc) is 3.56. The molecule has 0 unspecified atom stereocenters. The number of carbonyl (C=O) groups excluding carboxylic acids is 1. The second-order valence-electron chi connectivity index (χ2n) is 14.0. The van der Waals surface area contributed by atoms with Crippen LogP contribution in [0.3, 0.4) is 0 Å². The Morgan fingerprint density at radius 2 is 1.87 bits per heavy atom. The second kappa shape index (κ2) is 11.3. The van der Waals surface area contributed by atoms with Crippen LogP contribution in [0.2, 0.25) is 0 Å². The van der Waals surface area contributed by atoms with Crippen molar-refractivity contribution >= 4 is 17.0 Å². The minimum atomic E-state index is -4.69. The molecule has 13 heteroatoms. The molecule has 4 aromatic rings. The number of carbonyl (C=O) groups is 1. The number of ether oxygens (including phenoxy) is 1. The lowest BCUT2D eigenvalue weighted by atomic mass is 9.58. The first-order valence-electron chi connectivity index (χ1n) is 15.6. The molecule has 1 amide bonds. The van der Waals surface area contributed by atoms with E-state index in [9.17, 15) is 22.8 Å². The Bertz CT molecular complexity index is 1830. The number of fused-ring (bicyclic) bond motifs is 1. The summed E-state index contributed by atoms with van der Waals surface area (Å²) in [6.07, 6.45) is -0.908. The molecular weight excluding hydrogens is 599 g/mol. The van der Waals surface area contributed by atoms with Crippen LogP contribution in [-0.2, 0) is 29.9 Å². The van der Waals surface area contributed by atoms with Gasteiger partial charge in [0.2, 0.25) is 0 Å². The van der Waals surface area contributed by atoms with Gasteiger partial charge >= 0.3 is 12.3 Å². The molecule has 1 aliphatic carbocycles. The van der Waals surface area contributed by atoms with Gasteiger partial charge in [-0.1, -0.05) is 19.1 Å². The minimum absolute atomic E-state index is 0.101. The van der Waals surface area contributed by atoms with Gasteiger partial charge in [-0.05, 0) is 70.2 Å². The quantitative estimate of drug-likeness (QED) is 0.304. The number of rotatable bonds is 5. The average molecular weight is 640 g/mol. The van der Waals surface area contributed by atoms with Crippen LogP contribution in [0, 0.1) is 5.92 Å². The summed E-state index contributed by atoms with van der Waals surface area (Å²) in [5, 5.41) is 8.27. The van der Waals surface area contributed by atoms with Crippen LogP contribution in [0.1, 0.15) is 70.1 Å². The van der Waals surface area contributed by atoms with Gasteiger partial charge in [0.15, 0.2) is 0 Å². The SMILES string of the molecule is CC1CC(c2cccc(-n3cc(C(F)(F)F)c4cc(CN5CCN(C(=O)OC(C)(C)C)[C@H](C)C5)[nH]c4c3=O)c2)(c2nncn2C)C1. The summed E-state index contributed by atoms with van der Waals surface area (Å²) >= 11 is 0. The predicted molar refractivity (Wildman–Crippen MR) is 167 cm³/mol. The summed E-state index contributed by atoms with van der Waals surface area (Å²) in [5.74, 6) is 1.23. The van der Waals surface area contributed by atoms with E-state index in [2.05, 4.69) is 27.0 Å². The highest BCUT2D eigenvalue weighted by Gasteiger charge is 2.48. The molecule has 1 aromatic carbocycles. The topological polar surface area (TPSA) is 101 Å². The number of aromatic nitrogens is 5. The van der Waals surface area contributed by atoms with E-state index in [0.717, 1.165) is 35.0 Å². The summed E-state index contributed by atoms with van der Waals surface area (Å²) < 4.78 is 52.0. The van der Waals surface area contributed by atoms with E-state index in [1.807, 2.05) is 45.4 Å². The number of halogens is 3. The third-order valence-corrected chi connectivity index (χ3v) is 9.10. The Hall–Kier alpha value is -4.13. The number of nitrogens with one attached hydrogen (secondary N) is 1. The maximum atomic E-state index is 14.5. The Morgan fingerprint density at radius 1 is 1.13 bits per heavy atom. The lowest BCUT2D eigenvalue weighted by Gasteiger charge is -2.46. The highest BCUT2D eigenvalue weighted by Crippen LogP contribution is 2.51. The van der Waals surface area contributed by atoms with Gasteiger partial charge in [-0.25, -0.2) is 4.79 Å². The predicted octanol–water partition coefficient (Wildman–Crippen LogP) is 5.62. The molecule has 2 aliphatic rings. The molecular formula is C33H40F3N7O3. The summed E-state index contributed by atoms with van der Waals surface area (Å²) in [6, 6.07) is 8.42. The number of pyridine rings is 1. The molecule has 246 valence electrons. The Labute approximate surface area is 265 Å². The number of amides is 1. The normalized spacial score (nSPS) is 22.7.